The lowest BCUT2D eigenvalue weighted by Gasteiger charge is -2.29. The largest absolute Gasteiger partial charge is 0.355 e. The monoisotopic (exact) mass is 475 g/mol. The predicted molar refractivity (Wildman–Crippen MR) is 119 cm³/mol. The second-order valence-electron chi connectivity index (χ2n) is 7.67. The van der Waals surface area contributed by atoms with Crippen molar-refractivity contribution in [2.45, 2.75) is 44.2 Å². The highest BCUT2D eigenvalue weighted by Gasteiger charge is 2.40. The summed E-state index contributed by atoms with van der Waals surface area (Å²) in [5.74, 6) is -1.95. The molecule has 3 amide bonds. The van der Waals surface area contributed by atoms with E-state index < -0.39 is 33.7 Å². The number of halogens is 1. The summed E-state index contributed by atoms with van der Waals surface area (Å²) in [5, 5.41) is 2.65. The molecule has 0 saturated carbocycles. The Morgan fingerprint density at radius 1 is 1.12 bits per heavy atom. The lowest BCUT2D eigenvalue weighted by atomic mass is 10.1. The van der Waals surface area contributed by atoms with Gasteiger partial charge < -0.3 is 10.2 Å². The molecule has 3 rings (SSSR count). The summed E-state index contributed by atoms with van der Waals surface area (Å²) in [4.78, 5) is 39.1. The number of carbonyl (C=O) groups excluding carboxylic acids is 3. The number of amides is 3. The van der Waals surface area contributed by atoms with Crippen LogP contribution in [0, 0.1) is 5.82 Å². The molecular weight excluding hydrogens is 449 g/mol. The molecule has 2 aromatic carbocycles. The van der Waals surface area contributed by atoms with Crippen LogP contribution >= 0.6 is 0 Å². The number of nitrogens with zero attached hydrogens (tertiary/aromatic N) is 2. The van der Waals surface area contributed by atoms with Crippen molar-refractivity contribution in [3.8, 4) is 0 Å². The van der Waals surface area contributed by atoms with Crippen LogP contribution < -0.4 is 5.32 Å². The molecule has 1 N–H and O–H groups in total. The third-order valence-electron chi connectivity index (χ3n) is 5.48. The Morgan fingerprint density at radius 3 is 2.45 bits per heavy atom. The quantitative estimate of drug-likeness (QED) is 0.599. The fourth-order valence-corrected chi connectivity index (χ4v) is 5.29. The van der Waals surface area contributed by atoms with Crippen molar-refractivity contribution >= 4 is 27.7 Å². The van der Waals surface area contributed by atoms with E-state index >= 15 is 0 Å². The maximum atomic E-state index is 14.2. The molecule has 0 fully saturated rings. The maximum Gasteiger partial charge on any atom is 0.269 e. The first-order valence-corrected chi connectivity index (χ1v) is 12.1. The second kappa shape index (κ2) is 10.1. The van der Waals surface area contributed by atoms with Crippen LogP contribution in [0.5, 0.6) is 0 Å². The molecule has 1 aliphatic heterocycles. The number of benzene rings is 2. The minimum Gasteiger partial charge on any atom is -0.355 e. The summed E-state index contributed by atoms with van der Waals surface area (Å²) in [7, 11) is -3.96. The van der Waals surface area contributed by atoms with Gasteiger partial charge in [0.25, 0.3) is 15.9 Å². The Bertz CT molecular complexity index is 1170. The lowest BCUT2D eigenvalue weighted by Crippen LogP contribution is -2.47. The Hall–Kier alpha value is -3.27. The molecule has 1 heterocycles. The summed E-state index contributed by atoms with van der Waals surface area (Å²) >= 11 is 0. The molecule has 33 heavy (non-hydrogen) atoms. The minimum atomic E-state index is -3.96. The number of hydrogen-bond acceptors (Lipinski definition) is 5. The maximum absolute atomic E-state index is 14.2. The zero-order valence-electron chi connectivity index (χ0n) is 18.5. The van der Waals surface area contributed by atoms with E-state index in [1.54, 1.807) is 32.0 Å². The van der Waals surface area contributed by atoms with Crippen molar-refractivity contribution in [3.63, 3.8) is 0 Å². The van der Waals surface area contributed by atoms with E-state index in [9.17, 15) is 27.2 Å². The van der Waals surface area contributed by atoms with Gasteiger partial charge in [0.05, 0.1) is 5.56 Å². The average Bonchev–Trinajstić information content (AvgIpc) is 2.99. The van der Waals surface area contributed by atoms with Gasteiger partial charge in [0.15, 0.2) is 0 Å². The van der Waals surface area contributed by atoms with Crippen molar-refractivity contribution in [2.24, 2.45) is 0 Å². The number of rotatable bonds is 9. The molecule has 0 saturated heterocycles. The molecule has 0 radical (unpaired) electrons. The fourth-order valence-electron chi connectivity index (χ4n) is 3.68. The first kappa shape index (κ1) is 24.4. The lowest BCUT2D eigenvalue weighted by molar-refractivity contribution is -0.140. The van der Waals surface area contributed by atoms with Gasteiger partial charge in [0.2, 0.25) is 11.8 Å². The number of likely N-dealkylation sites (N-methyl/N-ethyl adjacent to an activating group) is 1. The molecule has 0 bridgehead atoms. The van der Waals surface area contributed by atoms with E-state index in [-0.39, 0.29) is 47.9 Å². The topological polar surface area (TPSA) is 104 Å². The van der Waals surface area contributed by atoms with E-state index in [2.05, 4.69) is 5.32 Å². The van der Waals surface area contributed by atoms with Crippen LogP contribution in [0.25, 0.3) is 0 Å². The van der Waals surface area contributed by atoms with Gasteiger partial charge in [-0.3, -0.25) is 14.4 Å². The highest BCUT2D eigenvalue weighted by Crippen LogP contribution is 2.30. The Morgan fingerprint density at radius 2 is 1.79 bits per heavy atom. The van der Waals surface area contributed by atoms with Crippen molar-refractivity contribution in [1.82, 2.24) is 14.5 Å². The van der Waals surface area contributed by atoms with Gasteiger partial charge in [0.1, 0.15) is 16.8 Å². The Labute approximate surface area is 192 Å². The molecule has 0 aromatic heterocycles. The molecule has 0 spiro atoms. The van der Waals surface area contributed by atoms with E-state index in [0.717, 1.165) is 4.31 Å². The van der Waals surface area contributed by atoms with Gasteiger partial charge in [-0.05, 0) is 38.5 Å². The van der Waals surface area contributed by atoms with Crippen LogP contribution in [-0.2, 0) is 26.2 Å². The van der Waals surface area contributed by atoms with Crippen LogP contribution in [-0.4, -0.2) is 54.5 Å². The molecule has 8 nitrogen and oxygen atoms in total. The first-order valence-electron chi connectivity index (χ1n) is 10.6. The van der Waals surface area contributed by atoms with Crippen LogP contribution in [0.4, 0.5) is 4.39 Å². The van der Waals surface area contributed by atoms with Crippen molar-refractivity contribution < 1.29 is 27.2 Å². The van der Waals surface area contributed by atoms with Crippen LogP contribution in [0.15, 0.2) is 53.4 Å². The molecule has 176 valence electrons. The molecule has 0 aliphatic carbocycles. The number of carbonyl (C=O) groups is 3. The normalized spacial score (nSPS) is 15.1. The Kier molecular flexibility index (Phi) is 7.47. The third-order valence-corrected chi connectivity index (χ3v) is 7.32. The SMILES string of the molecule is CCNC(=O)[C@H](C)N(Cc1ccccc1F)C(=O)CCCN1C(=O)c2ccccc2S1(=O)=O. The average molecular weight is 476 g/mol. The molecule has 10 heteroatoms. The van der Waals surface area contributed by atoms with Crippen molar-refractivity contribution in [3.05, 3.63) is 65.5 Å². The molecule has 1 atom stereocenters. The molecular formula is C23H26FN3O5S. The van der Waals surface area contributed by atoms with E-state index in [0.29, 0.717) is 6.54 Å². The summed E-state index contributed by atoms with van der Waals surface area (Å²) in [6, 6.07) is 11.1. The van der Waals surface area contributed by atoms with Crippen LogP contribution in [0.1, 0.15) is 42.6 Å². The smallest absolute Gasteiger partial charge is 0.269 e. The third kappa shape index (κ3) is 5.05. The van der Waals surface area contributed by atoms with Gasteiger partial charge in [-0.1, -0.05) is 30.3 Å². The standard InChI is InChI=1S/C23H26FN3O5S/c1-3-25-22(29)16(2)26(15-17-9-4-6-11-19(17)24)21(28)13-8-14-27-23(30)18-10-5-7-12-20(18)33(27,31)32/h4-7,9-12,16H,3,8,13-15H2,1-2H3,(H,25,29)/t16-/m0/s1. The summed E-state index contributed by atoms with van der Waals surface area (Å²) in [5.41, 5.74) is 0.365. The molecule has 2 aromatic rings. The molecule has 1 aliphatic rings. The predicted octanol–water partition coefficient (Wildman–Crippen LogP) is 2.30. The van der Waals surface area contributed by atoms with E-state index in [1.165, 1.54) is 35.2 Å². The highest BCUT2D eigenvalue weighted by molar-refractivity contribution is 7.90. The van der Waals surface area contributed by atoms with Gasteiger partial charge in [0, 0.05) is 31.6 Å². The van der Waals surface area contributed by atoms with Crippen LogP contribution in [0.2, 0.25) is 0 Å². The van der Waals surface area contributed by atoms with Gasteiger partial charge in [-0.2, -0.15) is 0 Å². The number of nitrogens with one attached hydrogen (secondary N) is 1. The van der Waals surface area contributed by atoms with Crippen molar-refractivity contribution in [2.75, 3.05) is 13.1 Å². The number of fused-ring (bicyclic) bond motifs is 1. The van der Waals surface area contributed by atoms with E-state index in [4.69, 9.17) is 0 Å². The zero-order valence-corrected chi connectivity index (χ0v) is 19.3. The minimum absolute atomic E-state index is 0.0487. The van der Waals surface area contributed by atoms with E-state index in [1.807, 2.05) is 0 Å². The molecule has 0 unspecified atom stereocenters. The van der Waals surface area contributed by atoms with Gasteiger partial charge in [-0.25, -0.2) is 17.1 Å². The number of hydrogen-bond donors (Lipinski definition) is 1. The summed E-state index contributed by atoms with van der Waals surface area (Å²) in [6.45, 7) is 3.38. The van der Waals surface area contributed by atoms with Crippen LogP contribution in [0.3, 0.4) is 0 Å². The first-order chi connectivity index (χ1) is 15.7. The number of sulfonamides is 1. The summed E-state index contributed by atoms with van der Waals surface area (Å²) < 4.78 is 40.3. The zero-order chi connectivity index (χ0) is 24.2. The fraction of sp³-hybridized carbons (Fsp3) is 0.348. The Balaban J connectivity index is 1.71. The van der Waals surface area contributed by atoms with Gasteiger partial charge in [-0.15, -0.1) is 0 Å². The van der Waals surface area contributed by atoms with Gasteiger partial charge >= 0.3 is 0 Å². The highest BCUT2D eigenvalue weighted by atomic mass is 32.2. The van der Waals surface area contributed by atoms with Crippen molar-refractivity contribution in [1.29, 1.82) is 0 Å². The second-order valence-corrected chi connectivity index (χ2v) is 9.50. The summed E-state index contributed by atoms with van der Waals surface area (Å²) in [6.07, 6.45) is -0.0540.